The van der Waals surface area contributed by atoms with Crippen molar-refractivity contribution >= 4 is 46.3 Å². The second-order valence-corrected chi connectivity index (χ2v) is 7.87. The summed E-state index contributed by atoms with van der Waals surface area (Å²) in [5.74, 6) is -1.13. The fraction of sp³-hybridized carbons (Fsp3) is 0.130. The van der Waals surface area contributed by atoms with Crippen molar-refractivity contribution in [1.82, 2.24) is 5.32 Å². The summed E-state index contributed by atoms with van der Waals surface area (Å²) in [5.41, 5.74) is 1.62. The lowest BCUT2D eigenvalue weighted by Gasteiger charge is -2.15. The number of nitrogens with zero attached hydrogens (tertiary/aromatic N) is 1. The molecule has 0 unspecified atom stereocenters. The molecule has 3 aromatic rings. The van der Waals surface area contributed by atoms with Crippen LogP contribution in [0.3, 0.4) is 0 Å². The summed E-state index contributed by atoms with van der Waals surface area (Å²) < 4.78 is 0. The van der Waals surface area contributed by atoms with Crippen LogP contribution in [0.1, 0.15) is 43.2 Å². The Morgan fingerprint density at radius 1 is 0.903 bits per heavy atom. The highest BCUT2D eigenvalue weighted by Gasteiger charge is 2.36. The zero-order chi connectivity index (χ0) is 21.8. The summed E-state index contributed by atoms with van der Waals surface area (Å²) >= 11 is 1.36. The Morgan fingerprint density at radius 2 is 1.65 bits per heavy atom. The van der Waals surface area contributed by atoms with Crippen molar-refractivity contribution in [2.24, 2.45) is 0 Å². The molecule has 1 aliphatic rings. The molecule has 0 spiro atoms. The Bertz CT molecular complexity index is 1120. The molecule has 0 aliphatic carbocycles. The SMILES string of the molecule is O=C(CCCNC(=O)c1cccs1)Nc1cccc(N2C(=O)c3ccccc3C2=O)c1. The number of carbonyl (C=O) groups excluding carboxylic acids is 4. The van der Waals surface area contributed by atoms with Crippen LogP contribution in [0.15, 0.2) is 66.0 Å². The van der Waals surface area contributed by atoms with Gasteiger partial charge < -0.3 is 10.6 Å². The quantitative estimate of drug-likeness (QED) is 0.439. The second-order valence-electron chi connectivity index (χ2n) is 6.93. The lowest BCUT2D eigenvalue weighted by atomic mass is 10.1. The van der Waals surface area contributed by atoms with Crippen LogP contribution in [-0.2, 0) is 4.79 Å². The minimum absolute atomic E-state index is 0.149. The molecule has 2 aromatic carbocycles. The third-order valence-electron chi connectivity index (χ3n) is 4.79. The zero-order valence-corrected chi connectivity index (χ0v) is 17.3. The molecule has 0 bridgehead atoms. The number of nitrogens with one attached hydrogen (secondary N) is 2. The fourth-order valence-corrected chi connectivity index (χ4v) is 3.96. The van der Waals surface area contributed by atoms with Gasteiger partial charge in [-0.05, 0) is 48.2 Å². The normalized spacial score (nSPS) is 12.6. The van der Waals surface area contributed by atoms with Gasteiger partial charge in [0.1, 0.15) is 0 Å². The van der Waals surface area contributed by atoms with Crippen molar-refractivity contribution in [2.45, 2.75) is 12.8 Å². The summed E-state index contributed by atoms with van der Waals surface area (Å²) in [6.45, 7) is 0.388. The van der Waals surface area contributed by atoms with Crippen LogP contribution in [0, 0.1) is 0 Å². The van der Waals surface area contributed by atoms with Crippen LogP contribution in [0.2, 0.25) is 0 Å². The van der Waals surface area contributed by atoms with E-state index in [2.05, 4.69) is 10.6 Å². The maximum atomic E-state index is 12.6. The third kappa shape index (κ3) is 4.39. The van der Waals surface area contributed by atoms with Gasteiger partial charge in [0, 0.05) is 18.7 Å². The first-order valence-electron chi connectivity index (χ1n) is 9.74. The van der Waals surface area contributed by atoms with Gasteiger partial charge in [0.05, 0.1) is 21.7 Å². The zero-order valence-electron chi connectivity index (χ0n) is 16.5. The summed E-state index contributed by atoms with van der Waals surface area (Å²) in [5, 5.41) is 7.38. The molecule has 156 valence electrons. The van der Waals surface area contributed by atoms with Crippen molar-refractivity contribution in [3.05, 3.63) is 82.0 Å². The lowest BCUT2D eigenvalue weighted by Crippen LogP contribution is -2.29. The van der Waals surface area contributed by atoms with Gasteiger partial charge in [-0.3, -0.25) is 19.2 Å². The Labute approximate surface area is 182 Å². The Morgan fingerprint density at radius 3 is 2.32 bits per heavy atom. The van der Waals surface area contributed by atoms with Gasteiger partial charge in [0.25, 0.3) is 17.7 Å². The lowest BCUT2D eigenvalue weighted by molar-refractivity contribution is -0.116. The molecule has 0 atom stereocenters. The maximum Gasteiger partial charge on any atom is 0.266 e. The first-order valence-corrected chi connectivity index (χ1v) is 10.6. The monoisotopic (exact) mass is 433 g/mol. The highest BCUT2D eigenvalue weighted by molar-refractivity contribution is 7.12. The highest BCUT2D eigenvalue weighted by Crippen LogP contribution is 2.29. The van der Waals surface area contributed by atoms with Gasteiger partial charge >= 0.3 is 0 Å². The standard InChI is InChI=1S/C23H19N3O4S/c27-20(11-4-12-24-21(28)19-10-5-13-31-19)25-15-6-3-7-16(14-15)26-22(29)17-8-1-2-9-18(17)23(26)30/h1-3,5-10,13-14H,4,11-12H2,(H,24,28)(H,25,27). The topological polar surface area (TPSA) is 95.6 Å². The first kappa shape index (κ1) is 20.5. The molecule has 4 amide bonds. The smallest absolute Gasteiger partial charge is 0.266 e. The molecule has 0 saturated heterocycles. The van der Waals surface area contributed by atoms with E-state index in [0.717, 1.165) is 4.90 Å². The summed E-state index contributed by atoms with van der Waals surface area (Å²) in [6, 6.07) is 16.8. The molecule has 0 radical (unpaired) electrons. The molecule has 0 fully saturated rings. The molecule has 1 aliphatic heterocycles. The summed E-state index contributed by atoms with van der Waals surface area (Å²) in [7, 11) is 0. The molecule has 7 nitrogen and oxygen atoms in total. The van der Waals surface area contributed by atoms with Crippen molar-refractivity contribution in [3.63, 3.8) is 0 Å². The molecule has 0 saturated carbocycles. The number of rotatable bonds is 7. The Balaban J connectivity index is 1.33. The fourth-order valence-electron chi connectivity index (χ4n) is 3.32. The molecule has 4 rings (SSSR count). The molecule has 1 aromatic heterocycles. The molecule has 31 heavy (non-hydrogen) atoms. The van der Waals surface area contributed by atoms with E-state index in [1.54, 1.807) is 54.6 Å². The molecule has 2 N–H and O–H groups in total. The van der Waals surface area contributed by atoms with E-state index in [0.29, 0.717) is 40.3 Å². The Hall–Kier alpha value is -3.78. The number of benzene rings is 2. The molecular weight excluding hydrogens is 414 g/mol. The average molecular weight is 433 g/mol. The van der Waals surface area contributed by atoms with Gasteiger partial charge in [-0.2, -0.15) is 0 Å². The molecule has 8 heteroatoms. The number of amides is 4. The van der Waals surface area contributed by atoms with E-state index in [1.165, 1.54) is 11.3 Å². The number of hydrogen-bond acceptors (Lipinski definition) is 5. The third-order valence-corrected chi connectivity index (χ3v) is 5.66. The van der Waals surface area contributed by atoms with Gasteiger partial charge in [0.15, 0.2) is 0 Å². The van der Waals surface area contributed by atoms with Crippen molar-refractivity contribution in [2.75, 3.05) is 16.8 Å². The second kappa shape index (κ2) is 8.93. The number of anilines is 2. The van der Waals surface area contributed by atoms with Crippen LogP contribution >= 0.6 is 11.3 Å². The number of thiophene rings is 1. The number of fused-ring (bicyclic) bond motifs is 1. The van der Waals surface area contributed by atoms with Crippen LogP contribution in [0.4, 0.5) is 11.4 Å². The predicted molar refractivity (Wildman–Crippen MR) is 119 cm³/mol. The number of carbonyl (C=O) groups is 4. The predicted octanol–water partition coefficient (Wildman–Crippen LogP) is 3.70. The van der Waals surface area contributed by atoms with Crippen LogP contribution in [0.5, 0.6) is 0 Å². The van der Waals surface area contributed by atoms with E-state index in [1.807, 2.05) is 11.4 Å². The van der Waals surface area contributed by atoms with Crippen molar-refractivity contribution in [3.8, 4) is 0 Å². The minimum atomic E-state index is -0.384. The van der Waals surface area contributed by atoms with Gasteiger partial charge in [-0.25, -0.2) is 4.90 Å². The van der Waals surface area contributed by atoms with E-state index in [4.69, 9.17) is 0 Å². The molecular formula is C23H19N3O4S. The van der Waals surface area contributed by atoms with Crippen LogP contribution in [0.25, 0.3) is 0 Å². The summed E-state index contributed by atoms with van der Waals surface area (Å²) in [6.07, 6.45) is 0.711. The average Bonchev–Trinajstić information content (AvgIpc) is 3.39. The Kier molecular flexibility index (Phi) is 5.90. The minimum Gasteiger partial charge on any atom is -0.351 e. The van der Waals surface area contributed by atoms with Gasteiger partial charge in [0.2, 0.25) is 5.91 Å². The molecule has 2 heterocycles. The maximum absolute atomic E-state index is 12.6. The van der Waals surface area contributed by atoms with Gasteiger partial charge in [-0.1, -0.05) is 24.3 Å². The van der Waals surface area contributed by atoms with Crippen molar-refractivity contribution in [1.29, 1.82) is 0 Å². The van der Waals surface area contributed by atoms with E-state index in [9.17, 15) is 19.2 Å². The van der Waals surface area contributed by atoms with E-state index in [-0.39, 0.29) is 30.0 Å². The summed E-state index contributed by atoms with van der Waals surface area (Å²) in [4.78, 5) is 51.2. The van der Waals surface area contributed by atoms with Crippen LogP contribution < -0.4 is 15.5 Å². The van der Waals surface area contributed by atoms with Gasteiger partial charge in [-0.15, -0.1) is 11.3 Å². The first-order chi connectivity index (χ1) is 15.0. The largest absolute Gasteiger partial charge is 0.351 e. The van der Waals surface area contributed by atoms with E-state index < -0.39 is 0 Å². The highest BCUT2D eigenvalue weighted by atomic mass is 32.1. The number of hydrogen-bond donors (Lipinski definition) is 2. The van der Waals surface area contributed by atoms with Crippen LogP contribution in [-0.4, -0.2) is 30.2 Å². The van der Waals surface area contributed by atoms with Crippen molar-refractivity contribution < 1.29 is 19.2 Å². The van der Waals surface area contributed by atoms with E-state index >= 15 is 0 Å². The number of imide groups is 1.